The predicted molar refractivity (Wildman–Crippen MR) is 87.7 cm³/mol. The van der Waals surface area contributed by atoms with Gasteiger partial charge in [-0.2, -0.15) is 5.10 Å². The van der Waals surface area contributed by atoms with E-state index in [9.17, 15) is 9.59 Å². The van der Waals surface area contributed by atoms with Crippen LogP contribution < -0.4 is 5.56 Å². The van der Waals surface area contributed by atoms with Gasteiger partial charge in [0.25, 0.3) is 5.56 Å². The van der Waals surface area contributed by atoms with E-state index in [4.69, 9.17) is 4.74 Å². The van der Waals surface area contributed by atoms with Crippen LogP contribution in [0.3, 0.4) is 0 Å². The van der Waals surface area contributed by atoms with Crippen molar-refractivity contribution in [1.82, 2.24) is 9.78 Å². The van der Waals surface area contributed by atoms with Crippen LogP contribution in [0.25, 0.3) is 10.8 Å². The Hall–Kier alpha value is -1.21. The Morgan fingerprint density at radius 1 is 1.43 bits per heavy atom. The molecule has 1 unspecified atom stereocenters. The molecule has 0 amide bonds. The molecule has 5 nitrogen and oxygen atoms in total. The minimum atomic E-state index is -0.761. The predicted octanol–water partition coefficient (Wildman–Crippen LogP) is 3.18. The lowest BCUT2D eigenvalue weighted by Gasteiger charge is -2.15. The van der Waals surface area contributed by atoms with Gasteiger partial charge in [-0.3, -0.25) is 4.79 Å². The molecule has 0 saturated carbocycles. The van der Waals surface area contributed by atoms with Crippen LogP contribution in [0.1, 0.15) is 25.6 Å². The third kappa shape index (κ3) is 3.18. The standard InChI is InChI=1S/C14H14Br2N2O3/c1-3-21-14(20)8(2)18-13(19)10-5-4-9(16)6-11(10)12(7-15)17-18/h4-6,8H,3,7H2,1-2H3. The Kier molecular flexibility index (Phi) is 5.16. The van der Waals surface area contributed by atoms with Crippen molar-refractivity contribution in [2.45, 2.75) is 25.2 Å². The lowest BCUT2D eigenvalue weighted by molar-refractivity contribution is -0.147. The molecule has 2 aromatic rings. The average Bonchev–Trinajstić information content (AvgIpc) is 2.47. The van der Waals surface area contributed by atoms with E-state index in [0.717, 1.165) is 9.86 Å². The topological polar surface area (TPSA) is 61.2 Å². The van der Waals surface area contributed by atoms with Gasteiger partial charge in [0.15, 0.2) is 6.04 Å². The van der Waals surface area contributed by atoms with Crippen molar-refractivity contribution in [1.29, 1.82) is 0 Å². The van der Waals surface area contributed by atoms with Crippen LogP contribution in [-0.2, 0) is 14.9 Å². The van der Waals surface area contributed by atoms with Crippen molar-refractivity contribution in [3.05, 3.63) is 38.7 Å². The summed E-state index contributed by atoms with van der Waals surface area (Å²) in [6.07, 6.45) is 0. The van der Waals surface area contributed by atoms with Crippen LogP contribution >= 0.6 is 31.9 Å². The lowest BCUT2D eigenvalue weighted by Crippen LogP contribution is -2.32. The van der Waals surface area contributed by atoms with Crippen molar-refractivity contribution in [3.63, 3.8) is 0 Å². The SMILES string of the molecule is CCOC(=O)C(C)n1nc(CBr)c2cc(Br)ccc2c1=O. The summed E-state index contributed by atoms with van der Waals surface area (Å²) in [7, 11) is 0. The number of esters is 1. The number of rotatable bonds is 4. The summed E-state index contributed by atoms with van der Waals surface area (Å²) in [4.78, 5) is 24.4. The van der Waals surface area contributed by atoms with Crippen molar-refractivity contribution >= 4 is 48.6 Å². The van der Waals surface area contributed by atoms with Gasteiger partial charge in [0.1, 0.15) is 0 Å². The van der Waals surface area contributed by atoms with E-state index < -0.39 is 12.0 Å². The molecule has 112 valence electrons. The molecule has 0 N–H and O–H groups in total. The summed E-state index contributed by atoms with van der Waals surface area (Å²) in [6.45, 7) is 3.60. The number of aromatic nitrogens is 2. The second-order valence-corrected chi connectivity index (χ2v) is 5.92. The molecule has 0 saturated heterocycles. The molecular weight excluding hydrogens is 404 g/mol. The van der Waals surface area contributed by atoms with Crippen molar-refractivity contribution < 1.29 is 9.53 Å². The highest BCUT2D eigenvalue weighted by Crippen LogP contribution is 2.22. The molecule has 0 spiro atoms. The first-order valence-corrected chi connectivity index (χ1v) is 8.34. The molecule has 0 radical (unpaired) electrons. The Morgan fingerprint density at radius 3 is 2.76 bits per heavy atom. The lowest BCUT2D eigenvalue weighted by atomic mass is 10.1. The average molecular weight is 418 g/mol. The maximum absolute atomic E-state index is 12.5. The van der Waals surface area contributed by atoms with Crippen LogP contribution in [0, 0.1) is 0 Å². The van der Waals surface area contributed by atoms with Crippen molar-refractivity contribution in [2.24, 2.45) is 0 Å². The number of fused-ring (bicyclic) bond motifs is 1. The van der Waals surface area contributed by atoms with Crippen molar-refractivity contribution in [2.75, 3.05) is 6.61 Å². The highest BCUT2D eigenvalue weighted by Gasteiger charge is 2.21. The molecule has 0 aliphatic carbocycles. The fourth-order valence-corrected chi connectivity index (χ4v) is 2.79. The summed E-state index contributed by atoms with van der Waals surface area (Å²) < 4.78 is 7.02. The molecule has 1 aromatic carbocycles. The van der Waals surface area contributed by atoms with Gasteiger partial charge in [0.2, 0.25) is 0 Å². The van der Waals surface area contributed by atoms with Crippen LogP contribution in [0.2, 0.25) is 0 Å². The van der Waals surface area contributed by atoms with Gasteiger partial charge in [-0.05, 0) is 32.0 Å². The quantitative estimate of drug-likeness (QED) is 0.566. The second-order valence-electron chi connectivity index (χ2n) is 4.45. The molecule has 0 fully saturated rings. The molecule has 0 aliphatic rings. The van der Waals surface area contributed by atoms with Crippen LogP contribution in [0.15, 0.2) is 27.5 Å². The van der Waals surface area contributed by atoms with E-state index in [-0.39, 0.29) is 12.2 Å². The molecular formula is C14H14Br2N2O3. The number of halogens is 2. The summed E-state index contributed by atoms with van der Waals surface area (Å²) in [5.41, 5.74) is 0.393. The van der Waals surface area contributed by atoms with Crippen LogP contribution in [0.4, 0.5) is 0 Å². The second kappa shape index (κ2) is 6.70. The number of ether oxygens (including phenoxy) is 1. The fraction of sp³-hybridized carbons (Fsp3) is 0.357. The summed E-state index contributed by atoms with van der Waals surface area (Å²) in [5.74, 6) is -0.468. The third-order valence-electron chi connectivity index (χ3n) is 3.08. The van der Waals surface area contributed by atoms with Gasteiger partial charge < -0.3 is 4.74 Å². The van der Waals surface area contributed by atoms with Gasteiger partial charge in [0.05, 0.1) is 17.7 Å². The third-order valence-corrected chi connectivity index (χ3v) is 4.10. The first-order valence-electron chi connectivity index (χ1n) is 6.43. The van der Waals surface area contributed by atoms with E-state index in [2.05, 4.69) is 37.0 Å². The zero-order valence-corrected chi connectivity index (χ0v) is 14.8. The Bertz CT molecular complexity index is 743. The molecule has 2 rings (SSSR count). The smallest absolute Gasteiger partial charge is 0.330 e. The first-order chi connectivity index (χ1) is 9.99. The molecule has 0 aliphatic heterocycles. The van der Waals surface area contributed by atoms with Gasteiger partial charge in [-0.15, -0.1) is 0 Å². The number of benzene rings is 1. The summed E-state index contributed by atoms with van der Waals surface area (Å²) in [5, 5.41) is 6.07. The van der Waals surface area contributed by atoms with Gasteiger partial charge >= 0.3 is 5.97 Å². The Labute approximate surface area is 138 Å². The number of carbonyl (C=O) groups is 1. The molecule has 0 bridgehead atoms. The fourth-order valence-electron chi connectivity index (χ4n) is 2.02. The monoisotopic (exact) mass is 416 g/mol. The first kappa shape index (κ1) is 16.2. The maximum atomic E-state index is 12.5. The molecule has 1 aromatic heterocycles. The number of hydrogen-bond acceptors (Lipinski definition) is 4. The van der Waals surface area contributed by atoms with E-state index in [1.54, 1.807) is 26.0 Å². The van der Waals surface area contributed by atoms with Crippen LogP contribution in [0.5, 0.6) is 0 Å². The van der Waals surface area contributed by atoms with Gasteiger partial charge in [-0.25, -0.2) is 9.48 Å². The Balaban J connectivity index is 2.66. The number of nitrogens with zero attached hydrogens (tertiary/aromatic N) is 2. The highest BCUT2D eigenvalue weighted by molar-refractivity contribution is 9.10. The number of alkyl halides is 1. The number of carbonyl (C=O) groups excluding carboxylic acids is 1. The highest BCUT2D eigenvalue weighted by atomic mass is 79.9. The maximum Gasteiger partial charge on any atom is 0.330 e. The van der Waals surface area contributed by atoms with E-state index in [1.165, 1.54) is 4.68 Å². The largest absolute Gasteiger partial charge is 0.464 e. The molecule has 1 heterocycles. The minimum Gasteiger partial charge on any atom is -0.464 e. The zero-order chi connectivity index (χ0) is 15.6. The van der Waals surface area contributed by atoms with Gasteiger partial charge in [0, 0.05) is 15.2 Å². The van der Waals surface area contributed by atoms with Gasteiger partial charge in [-0.1, -0.05) is 31.9 Å². The van der Waals surface area contributed by atoms with E-state index in [1.807, 2.05) is 6.07 Å². The Morgan fingerprint density at radius 2 is 2.14 bits per heavy atom. The normalized spacial score (nSPS) is 12.4. The molecule has 1 atom stereocenters. The van der Waals surface area contributed by atoms with Crippen LogP contribution in [-0.4, -0.2) is 22.4 Å². The zero-order valence-electron chi connectivity index (χ0n) is 11.6. The van der Waals surface area contributed by atoms with E-state index in [0.29, 0.717) is 16.4 Å². The van der Waals surface area contributed by atoms with Crippen molar-refractivity contribution in [3.8, 4) is 0 Å². The molecule has 21 heavy (non-hydrogen) atoms. The number of hydrogen-bond donors (Lipinski definition) is 0. The molecule has 7 heteroatoms. The van der Waals surface area contributed by atoms with E-state index >= 15 is 0 Å². The summed E-state index contributed by atoms with van der Waals surface area (Å²) in [6, 6.07) is 4.61. The summed E-state index contributed by atoms with van der Waals surface area (Å²) >= 11 is 6.75. The minimum absolute atomic E-state index is 0.268.